The zero-order valence-electron chi connectivity index (χ0n) is 16.4. The minimum absolute atomic E-state index is 0.0361. The maximum absolute atomic E-state index is 13.2. The molecule has 154 valence electrons. The number of carbonyl (C=O) groups is 2. The van der Waals surface area contributed by atoms with E-state index in [4.69, 9.17) is 23.2 Å². The number of piperidine rings is 1. The molecule has 2 fully saturated rings. The first-order valence-electron chi connectivity index (χ1n) is 10.2. The van der Waals surface area contributed by atoms with Crippen molar-refractivity contribution in [2.75, 3.05) is 25.4 Å². The van der Waals surface area contributed by atoms with E-state index in [1.807, 2.05) is 21.6 Å². The third kappa shape index (κ3) is 4.80. The van der Waals surface area contributed by atoms with Crippen molar-refractivity contribution in [1.82, 2.24) is 9.80 Å². The van der Waals surface area contributed by atoms with Crippen LogP contribution in [0.5, 0.6) is 0 Å². The van der Waals surface area contributed by atoms with Crippen LogP contribution < -0.4 is 0 Å². The second-order valence-corrected chi connectivity index (χ2v) is 9.87. The lowest BCUT2D eigenvalue weighted by atomic mass is 10.00. The maximum atomic E-state index is 13.2. The largest absolute Gasteiger partial charge is 0.342 e. The molecular weight excluding hydrogens is 415 g/mol. The third-order valence-corrected chi connectivity index (χ3v) is 7.83. The standard InChI is InChI=1S/C21H28Cl2N2O2S/c1-2-3-4-5-6-19(26)24-11-9-21(10-12-24)25(13-14-28-21)20(27)17-8-7-16(22)15-18(17)23/h7-8,15H,2-6,9-14H2,1H3. The first kappa shape index (κ1) is 21.8. The van der Waals surface area contributed by atoms with E-state index in [1.54, 1.807) is 18.2 Å². The highest BCUT2D eigenvalue weighted by molar-refractivity contribution is 8.00. The van der Waals surface area contributed by atoms with Gasteiger partial charge in [0.05, 0.1) is 15.5 Å². The van der Waals surface area contributed by atoms with Crippen molar-refractivity contribution in [1.29, 1.82) is 0 Å². The summed E-state index contributed by atoms with van der Waals surface area (Å²) in [7, 11) is 0. The summed E-state index contributed by atoms with van der Waals surface area (Å²) >= 11 is 14.1. The number of rotatable bonds is 6. The van der Waals surface area contributed by atoms with Gasteiger partial charge in [-0.2, -0.15) is 0 Å². The van der Waals surface area contributed by atoms with Gasteiger partial charge in [-0.05, 0) is 37.5 Å². The van der Waals surface area contributed by atoms with Crippen LogP contribution in [0.25, 0.3) is 0 Å². The molecule has 1 spiro atoms. The van der Waals surface area contributed by atoms with Gasteiger partial charge in [0.2, 0.25) is 5.91 Å². The van der Waals surface area contributed by atoms with Gasteiger partial charge in [-0.25, -0.2) is 0 Å². The molecule has 0 atom stereocenters. The van der Waals surface area contributed by atoms with Gasteiger partial charge in [0.1, 0.15) is 0 Å². The molecular formula is C21H28Cl2N2O2S. The smallest absolute Gasteiger partial charge is 0.256 e. The van der Waals surface area contributed by atoms with E-state index in [9.17, 15) is 9.59 Å². The highest BCUT2D eigenvalue weighted by Crippen LogP contribution is 2.45. The van der Waals surface area contributed by atoms with E-state index in [1.165, 1.54) is 12.8 Å². The molecule has 0 aromatic heterocycles. The Morgan fingerprint density at radius 2 is 1.86 bits per heavy atom. The van der Waals surface area contributed by atoms with Gasteiger partial charge in [0, 0.05) is 36.8 Å². The van der Waals surface area contributed by atoms with E-state index < -0.39 is 0 Å². The Balaban J connectivity index is 1.61. The zero-order chi connectivity index (χ0) is 20.1. The number of unbranched alkanes of at least 4 members (excludes halogenated alkanes) is 3. The van der Waals surface area contributed by atoms with Crippen LogP contribution in [0.4, 0.5) is 0 Å². The second kappa shape index (κ2) is 9.73. The molecule has 0 bridgehead atoms. The van der Waals surface area contributed by atoms with E-state index in [-0.39, 0.29) is 16.7 Å². The molecule has 0 N–H and O–H groups in total. The number of carbonyl (C=O) groups excluding carboxylic acids is 2. The van der Waals surface area contributed by atoms with Gasteiger partial charge in [-0.15, -0.1) is 11.8 Å². The minimum atomic E-state index is -0.223. The number of hydrogen-bond acceptors (Lipinski definition) is 3. The van der Waals surface area contributed by atoms with Gasteiger partial charge >= 0.3 is 0 Å². The fraction of sp³-hybridized carbons (Fsp3) is 0.619. The summed E-state index contributed by atoms with van der Waals surface area (Å²) in [5.41, 5.74) is 0.502. The molecule has 3 rings (SSSR count). The number of hydrogen-bond donors (Lipinski definition) is 0. The summed E-state index contributed by atoms with van der Waals surface area (Å²) in [6.07, 6.45) is 6.74. The molecule has 7 heteroatoms. The zero-order valence-corrected chi connectivity index (χ0v) is 18.7. The van der Waals surface area contributed by atoms with Gasteiger partial charge < -0.3 is 9.80 Å². The fourth-order valence-corrected chi connectivity index (χ4v) is 6.03. The summed E-state index contributed by atoms with van der Waals surface area (Å²) < 4.78 is 0. The number of halogens is 2. The second-order valence-electron chi connectivity index (χ2n) is 7.57. The number of benzene rings is 1. The first-order valence-corrected chi connectivity index (χ1v) is 11.9. The highest BCUT2D eigenvalue weighted by atomic mass is 35.5. The molecule has 2 amide bonds. The minimum Gasteiger partial charge on any atom is -0.342 e. The monoisotopic (exact) mass is 442 g/mol. The molecule has 0 saturated carbocycles. The average molecular weight is 443 g/mol. The van der Waals surface area contributed by atoms with Gasteiger partial charge in [0.15, 0.2) is 0 Å². The van der Waals surface area contributed by atoms with Crippen LogP contribution in [0.3, 0.4) is 0 Å². The predicted molar refractivity (Wildman–Crippen MR) is 117 cm³/mol. The first-order chi connectivity index (χ1) is 13.5. The summed E-state index contributed by atoms with van der Waals surface area (Å²) in [6.45, 7) is 4.33. The lowest BCUT2D eigenvalue weighted by molar-refractivity contribution is -0.132. The summed E-state index contributed by atoms with van der Waals surface area (Å²) in [5.74, 6) is 1.14. The van der Waals surface area contributed by atoms with Crippen molar-refractivity contribution in [3.63, 3.8) is 0 Å². The van der Waals surface area contributed by atoms with Gasteiger partial charge in [-0.3, -0.25) is 9.59 Å². The molecule has 28 heavy (non-hydrogen) atoms. The van der Waals surface area contributed by atoms with Crippen LogP contribution in [0.1, 0.15) is 62.2 Å². The summed E-state index contributed by atoms with van der Waals surface area (Å²) in [6, 6.07) is 5.03. The molecule has 0 radical (unpaired) electrons. The van der Waals surface area contributed by atoms with Gasteiger partial charge in [-0.1, -0.05) is 49.4 Å². The Morgan fingerprint density at radius 3 is 2.54 bits per heavy atom. The van der Waals surface area contributed by atoms with Crippen molar-refractivity contribution in [3.8, 4) is 0 Å². The Hall–Kier alpha value is -0.910. The summed E-state index contributed by atoms with van der Waals surface area (Å²) in [5, 5.41) is 0.919. The fourth-order valence-electron chi connectivity index (χ4n) is 4.08. The Morgan fingerprint density at radius 1 is 1.11 bits per heavy atom. The van der Waals surface area contributed by atoms with Crippen LogP contribution in [0.15, 0.2) is 18.2 Å². The number of likely N-dealkylation sites (tertiary alicyclic amines) is 1. The van der Waals surface area contributed by atoms with Crippen LogP contribution >= 0.6 is 35.0 Å². The van der Waals surface area contributed by atoms with Crippen LogP contribution in [-0.4, -0.2) is 51.9 Å². The topological polar surface area (TPSA) is 40.6 Å². The molecule has 2 aliphatic heterocycles. The summed E-state index contributed by atoms with van der Waals surface area (Å²) in [4.78, 5) is 29.4. The number of nitrogens with zero attached hydrogens (tertiary/aromatic N) is 2. The molecule has 1 aromatic rings. The van der Waals surface area contributed by atoms with Crippen LogP contribution in [-0.2, 0) is 4.79 Å². The SMILES string of the molecule is CCCCCCC(=O)N1CCC2(CC1)SCCN2C(=O)c1ccc(Cl)cc1Cl. The normalized spacial score (nSPS) is 18.7. The quantitative estimate of drug-likeness (QED) is 0.548. The van der Waals surface area contributed by atoms with Crippen molar-refractivity contribution in [2.24, 2.45) is 0 Å². The lowest BCUT2D eigenvalue weighted by Gasteiger charge is -2.44. The predicted octanol–water partition coefficient (Wildman–Crippen LogP) is 5.47. The van der Waals surface area contributed by atoms with Crippen molar-refractivity contribution >= 4 is 46.8 Å². The van der Waals surface area contributed by atoms with E-state index in [2.05, 4.69) is 6.92 Å². The molecule has 4 nitrogen and oxygen atoms in total. The number of amides is 2. The molecule has 2 saturated heterocycles. The molecule has 0 aliphatic carbocycles. The molecule has 1 aromatic carbocycles. The Kier molecular flexibility index (Phi) is 7.57. The van der Waals surface area contributed by atoms with Crippen molar-refractivity contribution in [2.45, 2.75) is 56.7 Å². The van der Waals surface area contributed by atoms with Crippen LogP contribution in [0, 0.1) is 0 Å². The average Bonchev–Trinajstić information content (AvgIpc) is 3.08. The number of thioether (sulfide) groups is 1. The third-order valence-electron chi connectivity index (χ3n) is 5.73. The van der Waals surface area contributed by atoms with Gasteiger partial charge in [0.25, 0.3) is 5.91 Å². The maximum Gasteiger partial charge on any atom is 0.256 e. The highest BCUT2D eigenvalue weighted by Gasteiger charge is 2.47. The van der Waals surface area contributed by atoms with Crippen molar-refractivity contribution < 1.29 is 9.59 Å². The van der Waals surface area contributed by atoms with E-state index in [0.29, 0.717) is 28.6 Å². The van der Waals surface area contributed by atoms with Crippen LogP contribution in [0.2, 0.25) is 10.0 Å². The van der Waals surface area contributed by atoms with E-state index >= 15 is 0 Å². The van der Waals surface area contributed by atoms with Crippen molar-refractivity contribution in [3.05, 3.63) is 33.8 Å². The molecule has 2 aliphatic rings. The Labute approximate surface area is 181 Å². The Bertz CT molecular complexity index is 720. The molecule has 0 unspecified atom stereocenters. The molecule has 2 heterocycles. The van der Waals surface area contributed by atoms with E-state index in [0.717, 1.165) is 44.5 Å². The lowest BCUT2D eigenvalue weighted by Crippen LogP contribution is -2.53.